The summed E-state index contributed by atoms with van der Waals surface area (Å²) in [7, 11) is 4.54. The van der Waals surface area contributed by atoms with Gasteiger partial charge in [-0.15, -0.1) is 0 Å². The number of carbonyl (C=O) groups is 1. The number of methoxy groups -OCH3 is 3. The number of hydrogen-bond acceptors (Lipinski definition) is 4. The van der Waals surface area contributed by atoms with Gasteiger partial charge in [-0.1, -0.05) is 0 Å². The fraction of sp³-hybridized carbons (Fsp3) is 0.462. The zero-order chi connectivity index (χ0) is 13.0. The quantitative estimate of drug-likeness (QED) is 0.755. The summed E-state index contributed by atoms with van der Waals surface area (Å²) in [5.41, 5.74) is 1.86. The molecule has 94 valence electrons. The average molecular weight is 238 g/mol. The van der Waals surface area contributed by atoms with E-state index < -0.39 is 0 Å². The van der Waals surface area contributed by atoms with Gasteiger partial charge in [0.25, 0.3) is 0 Å². The number of aryl methyl sites for hydroxylation is 1. The number of esters is 1. The molecule has 4 heteroatoms. The van der Waals surface area contributed by atoms with Crippen molar-refractivity contribution in [1.82, 2.24) is 0 Å². The standard InChI is InChI=1S/C13H18O4/c1-8-6-11(15-3)12(16-4)7-10(8)9(2)13(14)17-5/h6-7,9H,1-5H3. The number of ether oxygens (including phenoxy) is 3. The highest BCUT2D eigenvalue weighted by atomic mass is 16.5. The van der Waals surface area contributed by atoms with Crippen LogP contribution in [0.4, 0.5) is 0 Å². The molecule has 4 nitrogen and oxygen atoms in total. The molecule has 0 aliphatic rings. The molecule has 1 atom stereocenters. The van der Waals surface area contributed by atoms with Crippen molar-refractivity contribution in [1.29, 1.82) is 0 Å². The highest BCUT2D eigenvalue weighted by molar-refractivity contribution is 5.78. The van der Waals surface area contributed by atoms with E-state index >= 15 is 0 Å². The van der Waals surface area contributed by atoms with E-state index in [0.29, 0.717) is 11.5 Å². The van der Waals surface area contributed by atoms with Crippen LogP contribution in [0.25, 0.3) is 0 Å². The molecule has 0 heterocycles. The molecule has 0 aromatic heterocycles. The minimum atomic E-state index is -0.320. The van der Waals surface area contributed by atoms with E-state index in [-0.39, 0.29) is 11.9 Å². The molecule has 0 radical (unpaired) electrons. The van der Waals surface area contributed by atoms with Crippen molar-refractivity contribution in [2.24, 2.45) is 0 Å². The third kappa shape index (κ3) is 2.70. The Morgan fingerprint density at radius 3 is 2.12 bits per heavy atom. The lowest BCUT2D eigenvalue weighted by Gasteiger charge is -2.16. The van der Waals surface area contributed by atoms with Gasteiger partial charge in [0.1, 0.15) is 0 Å². The summed E-state index contributed by atoms with van der Waals surface area (Å²) >= 11 is 0. The zero-order valence-corrected chi connectivity index (χ0v) is 10.9. The van der Waals surface area contributed by atoms with Crippen LogP contribution in [0.5, 0.6) is 11.5 Å². The van der Waals surface area contributed by atoms with Crippen molar-refractivity contribution in [3.05, 3.63) is 23.3 Å². The fourth-order valence-corrected chi connectivity index (χ4v) is 1.77. The van der Waals surface area contributed by atoms with Crippen LogP contribution in [-0.2, 0) is 9.53 Å². The Balaban J connectivity index is 3.21. The molecule has 1 unspecified atom stereocenters. The Morgan fingerprint density at radius 2 is 1.65 bits per heavy atom. The lowest BCUT2D eigenvalue weighted by Crippen LogP contribution is -2.12. The summed E-state index contributed by atoms with van der Waals surface area (Å²) in [6, 6.07) is 3.67. The van der Waals surface area contributed by atoms with Crippen molar-refractivity contribution in [3.63, 3.8) is 0 Å². The Hall–Kier alpha value is -1.71. The van der Waals surface area contributed by atoms with Crippen LogP contribution < -0.4 is 9.47 Å². The first kappa shape index (κ1) is 13.4. The van der Waals surface area contributed by atoms with Gasteiger partial charge in [0.2, 0.25) is 0 Å². The van der Waals surface area contributed by atoms with Crippen LogP contribution in [0.3, 0.4) is 0 Å². The summed E-state index contributed by atoms with van der Waals surface area (Å²) in [4.78, 5) is 11.5. The summed E-state index contributed by atoms with van der Waals surface area (Å²) in [6.07, 6.45) is 0. The molecule has 0 saturated heterocycles. The van der Waals surface area contributed by atoms with Crippen molar-refractivity contribution >= 4 is 5.97 Å². The van der Waals surface area contributed by atoms with Gasteiger partial charge in [-0.05, 0) is 37.1 Å². The van der Waals surface area contributed by atoms with E-state index in [1.165, 1.54) is 7.11 Å². The van der Waals surface area contributed by atoms with Crippen LogP contribution in [-0.4, -0.2) is 27.3 Å². The van der Waals surface area contributed by atoms with Crippen molar-refractivity contribution in [3.8, 4) is 11.5 Å². The number of carbonyl (C=O) groups excluding carboxylic acids is 1. The Kier molecular flexibility index (Phi) is 4.37. The maximum absolute atomic E-state index is 11.5. The van der Waals surface area contributed by atoms with E-state index in [1.54, 1.807) is 21.1 Å². The maximum atomic E-state index is 11.5. The van der Waals surface area contributed by atoms with Crippen LogP contribution in [0.1, 0.15) is 24.0 Å². The largest absolute Gasteiger partial charge is 0.493 e. The lowest BCUT2D eigenvalue weighted by atomic mass is 9.96. The van der Waals surface area contributed by atoms with Gasteiger partial charge in [0.15, 0.2) is 11.5 Å². The summed E-state index contributed by atoms with van der Waals surface area (Å²) in [5, 5.41) is 0. The van der Waals surface area contributed by atoms with Gasteiger partial charge in [-0.2, -0.15) is 0 Å². The highest BCUT2D eigenvalue weighted by Gasteiger charge is 2.20. The first-order valence-corrected chi connectivity index (χ1v) is 5.35. The Morgan fingerprint density at radius 1 is 1.12 bits per heavy atom. The molecule has 1 aromatic rings. The summed E-state index contributed by atoms with van der Waals surface area (Å²) < 4.78 is 15.2. The zero-order valence-electron chi connectivity index (χ0n) is 10.9. The first-order chi connectivity index (χ1) is 8.04. The van der Waals surface area contributed by atoms with E-state index in [1.807, 2.05) is 19.1 Å². The smallest absolute Gasteiger partial charge is 0.312 e. The molecule has 1 aromatic carbocycles. The number of benzene rings is 1. The molecule has 0 aliphatic carbocycles. The third-order valence-corrected chi connectivity index (χ3v) is 2.79. The van der Waals surface area contributed by atoms with Crippen LogP contribution in [0.2, 0.25) is 0 Å². The van der Waals surface area contributed by atoms with E-state index in [2.05, 4.69) is 0 Å². The molecule has 0 aliphatic heterocycles. The van der Waals surface area contributed by atoms with Gasteiger partial charge < -0.3 is 14.2 Å². The van der Waals surface area contributed by atoms with Gasteiger partial charge in [-0.3, -0.25) is 4.79 Å². The molecule has 17 heavy (non-hydrogen) atoms. The minimum Gasteiger partial charge on any atom is -0.493 e. The maximum Gasteiger partial charge on any atom is 0.312 e. The van der Waals surface area contributed by atoms with Gasteiger partial charge in [0, 0.05) is 0 Å². The predicted molar refractivity (Wildman–Crippen MR) is 64.7 cm³/mol. The molecular formula is C13H18O4. The monoisotopic (exact) mass is 238 g/mol. The van der Waals surface area contributed by atoms with Crippen molar-refractivity contribution in [2.45, 2.75) is 19.8 Å². The van der Waals surface area contributed by atoms with Crippen LogP contribution in [0.15, 0.2) is 12.1 Å². The summed E-state index contributed by atoms with van der Waals surface area (Å²) in [5.74, 6) is 0.690. The average Bonchev–Trinajstić information content (AvgIpc) is 2.36. The highest BCUT2D eigenvalue weighted by Crippen LogP contribution is 2.33. The van der Waals surface area contributed by atoms with Crippen LogP contribution in [0, 0.1) is 6.92 Å². The van der Waals surface area contributed by atoms with Gasteiger partial charge in [0.05, 0.1) is 27.2 Å². The molecule has 0 spiro atoms. The predicted octanol–water partition coefficient (Wildman–Crippen LogP) is 2.29. The number of rotatable bonds is 4. The van der Waals surface area contributed by atoms with Crippen molar-refractivity contribution < 1.29 is 19.0 Å². The lowest BCUT2D eigenvalue weighted by molar-refractivity contribution is -0.142. The van der Waals surface area contributed by atoms with E-state index in [0.717, 1.165) is 11.1 Å². The SMILES string of the molecule is COC(=O)C(C)c1cc(OC)c(OC)cc1C. The molecular weight excluding hydrogens is 220 g/mol. The number of hydrogen-bond donors (Lipinski definition) is 0. The van der Waals surface area contributed by atoms with Crippen molar-refractivity contribution in [2.75, 3.05) is 21.3 Å². The molecule has 0 saturated carbocycles. The fourth-order valence-electron chi connectivity index (χ4n) is 1.77. The topological polar surface area (TPSA) is 44.8 Å². The molecule has 1 rings (SSSR count). The first-order valence-electron chi connectivity index (χ1n) is 5.35. The summed E-state index contributed by atoms with van der Waals surface area (Å²) in [6.45, 7) is 3.73. The second-order valence-electron chi connectivity index (χ2n) is 3.81. The third-order valence-electron chi connectivity index (χ3n) is 2.79. The Labute approximate surface area is 101 Å². The second kappa shape index (κ2) is 5.57. The molecule has 0 N–H and O–H groups in total. The van der Waals surface area contributed by atoms with E-state index in [4.69, 9.17) is 14.2 Å². The molecule has 0 amide bonds. The Bertz CT molecular complexity index is 412. The van der Waals surface area contributed by atoms with Crippen LogP contribution >= 0.6 is 0 Å². The molecule has 0 bridgehead atoms. The van der Waals surface area contributed by atoms with Gasteiger partial charge >= 0.3 is 5.97 Å². The second-order valence-corrected chi connectivity index (χ2v) is 3.81. The normalized spacial score (nSPS) is 11.8. The van der Waals surface area contributed by atoms with Gasteiger partial charge in [-0.25, -0.2) is 0 Å². The van der Waals surface area contributed by atoms with E-state index in [9.17, 15) is 4.79 Å². The minimum absolute atomic E-state index is 0.264. The molecule has 0 fully saturated rings.